The van der Waals surface area contributed by atoms with Crippen LogP contribution in [0.3, 0.4) is 0 Å². The monoisotopic (exact) mass is 313 g/mol. The fourth-order valence-corrected chi connectivity index (χ4v) is 2.00. The van der Waals surface area contributed by atoms with E-state index in [2.05, 4.69) is 5.32 Å². The van der Waals surface area contributed by atoms with Crippen LogP contribution in [0.5, 0.6) is 0 Å². The normalized spacial score (nSPS) is 10.5. The summed E-state index contributed by atoms with van der Waals surface area (Å²) in [6.45, 7) is 0. The number of amides is 1. The first-order valence-electron chi connectivity index (χ1n) is 6.14. The fraction of sp³-hybridized carbons (Fsp3) is 0.133. The summed E-state index contributed by atoms with van der Waals surface area (Å²) in [4.78, 5) is 11.7. The summed E-state index contributed by atoms with van der Waals surface area (Å²) in [5, 5.41) is 2.56. The predicted octanol–water partition coefficient (Wildman–Crippen LogP) is 4.33. The maximum absolute atomic E-state index is 13.4. The van der Waals surface area contributed by atoms with E-state index in [0.29, 0.717) is 0 Å². The van der Waals surface area contributed by atoms with Gasteiger partial charge in [-0.25, -0.2) is 13.2 Å². The van der Waals surface area contributed by atoms with Crippen LogP contribution in [0.4, 0.5) is 18.9 Å². The molecule has 0 heterocycles. The van der Waals surface area contributed by atoms with Crippen molar-refractivity contribution in [2.24, 2.45) is 0 Å². The second-order valence-electron chi connectivity index (χ2n) is 4.41. The van der Waals surface area contributed by atoms with E-state index < -0.39 is 23.4 Å². The molecule has 1 amide bonds. The Morgan fingerprint density at radius 2 is 1.71 bits per heavy atom. The Hall–Kier alpha value is -2.01. The highest BCUT2D eigenvalue weighted by atomic mass is 35.5. The summed E-state index contributed by atoms with van der Waals surface area (Å²) in [6.07, 6.45) is 0.00230. The molecule has 1 N–H and O–H groups in total. The van der Waals surface area contributed by atoms with Gasteiger partial charge in [0.1, 0.15) is 17.5 Å². The van der Waals surface area contributed by atoms with Gasteiger partial charge in [0, 0.05) is 6.42 Å². The highest BCUT2D eigenvalue weighted by Gasteiger charge is 2.09. The number of benzene rings is 2. The minimum atomic E-state index is -0.566. The van der Waals surface area contributed by atoms with Crippen LogP contribution in [0.15, 0.2) is 36.4 Å². The van der Waals surface area contributed by atoms with Crippen LogP contribution in [-0.4, -0.2) is 5.91 Å². The Labute approximate surface area is 124 Å². The molecule has 0 radical (unpaired) electrons. The number of rotatable bonds is 4. The number of carbonyl (C=O) groups is 1. The van der Waals surface area contributed by atoms with Crippen LogP contribution in [0.25, 0.3) is 0 Å². The van der Waals surface area contributed by atoms with Crippen molar-refractivity contribution >= 4 is 23.2 Å². The largest absolute Gasteiger partial charge is 0.325 e. The van der Waals surface area contributed by atoms with Gasteiger partial charge < -0.3 is 5.32 Å². The molecule has 2 nitrogen and oxygen atoms in total. The second kappa shape index (κ2) is 6.63. The first kappa shape index (κ1) is 15.4. The molecule has 0 aliphatic carbocycles. The lowest BCUT2D eigenvalue weighted by Gasteiger charge is -2.08. The van der Waals surface area contributed by atoms with Gasteiger partial charge in [-0.15, -0.1) is 0 Å². The van der Waals surface area contributed by atoms with E-state index >= 15 is 0 Å². The van der Waals surface area contributed by atoms with Crippen molar-refractivity contribution in [2.45, 2.75) is 12.8 Å². The maximum Gasteiger partial charge on any atom is 0.224 e. The third-order valence-electron chi connectivity index (χ3n) is 2.83. The molecule has 2 aromatic carbocycles. The topological polar surface area (TPSA) is 29.1 Å². The number of nitrogens with one attached hydrogen (secondary N) is 1. The molecule has 2 aromatic rings. The molecule has 21 heavy (non-hydrogen) atoms. The minimum absolute atomic E-state index is 0.0475. The molecule has 0 fully saturated rings. The number of aryl methyl sites for hydroxylation is 1. The maximum atomic E-state index is 13.4. The number of hydrogen-bond donors (Lipinski definition) is 1. The standard InChI is InChI=1S/C15H11ClF3NO/c16-12-8-11(18)3-5-14(12)20-15(21)6-1-9-7-10(17)2-4-13(9)19/h2-5,7-8H,1,6H2,(H,20,21). The lowest BCUT2D eigenvalue weighted by Crippen LogP contribution is -2.13. The molecule has 0 spiro atoms. The van der Waals surface area contributed by atoms with Gasteiger partial charge in [0.05, 0.1) is 10.7 Å². The molecule has 2 rings (SSSR count). The van der Waals surface area contributed by atoms with Gasteiger partial charge in [0.25, 0.3) is 0 Å². The molecule has 0 bridgehead atoms. The zero-order valence-corrected chi connectivity index (χ0v) is 11.6. The molecule has 0 atom stereocenters. The lowest BCUT2D eigenvalue weighted by molar-refractivity contribution is -0.116. The van der Waals surface area contributed by atoms with E-state index in [4.69, 9.17) is 11.6 Å². The van der Waals surface area contributed by atoms with Crippen LogP contribution in [0, 0.1) is 17.5 Å². The van der Waals surface area contributed by atoms with Crippen molar-refractivity contribution in [3.63, 3.8) is 0 Å². The van der Waals surface area contributed by atoms with Gasteiger partial charge in [-0.1, -0.05) is 11.6 Å². The minimum Gasteiger partial charge on any atom is -0.325 e. The Kier molecular flexibility index (Phi) is 4.85. The predicted molar refractivity (Wildman–Crippen MR) is 74.7 cm³/mol. The average molecular weight is 314 g/mol. The van der Waals surface area contributed by atoms with Gasteiger partial charge >= 0.3 is 0 Å². The second-order valence-corrected chi connectivity index (χ2v) is 4.82. The van der Waals surface area contributed by atoms with Crippen molar-refractivity contribution in [1.82, 2.24) is 0 Å². The molecule has 0 aromatic heterocycles. The Morgan fingerprint density at radius 3 is 2.43 bits per heavy atom. The summed E-state index contributed by atoms with van der Waals surface area (Å²) in [7, 11) is 0. The van der Waals surface area contributed by atoms with Gasteiger partial charge in [0.2, 0.25) is 5.91 Å². The van der Waals surface area contributed by atoms with E-state index in [1.807, 2.05) is 0 Å². The van der Waals surface area contributed by atoms with Gasteiger partial charge in [0.15, 0.2) is 0 Å². The van der Waals surface area contributed by atoms with E-state index in [-0.39, 0.29) is 29.1 Å². The zero-order chi connectivity index (χ0) is 15.4. The molecule has 6 heteroatoms. The summed E-state index contributed by atoms with van der Waals surface area (Å²) < 4.78 is 39.2. The van der Waals surface area contributed by atoms with Crippen LogP contribution in [0.2, 0.25) is 5.02 Å². The van der Waals surface area contributed by atoms with Crippen molar-refractivity contribution in [1.29, 1.82) is 0 Å². The van der Waals surface area contributed by atoms with Crippen molar-refractivity contribution in [3.8, 4) is 0 Å². The SMILES string of the molecule is O=C(CCc1cc(F)ccc1F)Nc1ccc(F)cc1Cl. The van der Waals surface area contributed by atoms with Crippen LogP contribution in [0.1, 0.15) is 12.0 Å². The van der Waals surface area contributed by atoms with E-state index in [9.17, 15) is 18.0 Å². The van der Waals surface area contributed by atoms with Crippen LogP contribution < -0.4 is 5.32 Å². The highest BCUT2D eigenvalue weighted by Crippen LogP contribution is 2.22. The van der Waals surface area contributed by atoms with Crippen molar-refractivity contribution in [2.75, 3.05) is 5.32 Å². The van der Waals surface area contributed by atoms with E-state index in [1.165, 1.54) is 6.07 Å². The number of halogens is 4. The molecular weight excluding hydrogens is 303 g/mol. The zero-order valence-electron chi connectivity index (χ0n) is 10.8. The molecule has 110 valence electrons. The van der Waals surface area contributed by atoms with Crippen LogP contribution >= 0.6 is 11.6 Å². The summed E-state index contributed by atoms with van der Waals surface area (Å²) in [6, 6.07) is 6.64. The number of anilines is 1. The summed E-state index contributed by atoms with van der Waals surface area (Å²) in [5.74, 6) is -2.07. The van der Waals surface area contributed by atoms with Crippen molar-refractivity contribution in [3.05, 3.63) is 64.4 Å². The van der Waals surface area contributed by atoms with Gasteiger partial charge in [-0.05, 0) is 48.4 Å². The van der Waals surface area contributed by atoms with Crippen LogP contribution in [-0.2, 0) is 11.2 Å². The first-order valence-corrected chi connectivity index (χ1v) is 6.52. The number of hydrogen-bond acceptors (Lipinski definition) is 1. The lowest BCUT2D eigenvalue weighted by atomic mass is 10.1. The molecular formula is C15H11ClF3NO. The molecule has 0 aliphatic rings. The average Bonchev–Trinajstić information content (AvgIpc) is 2.43. The molecule has 0 saturated heterocycles. The third kappa shape index (κ3) is 4.23. The van der Waals surface area contributed by atoms with Crippen molar-refractivity contribution < 1.29 is 18.0 Å². The molecule has 0 unspecified atom stereocenters. The van der Waals surface area contributed by atoms with E-state index in [0.717, 1.165) is 30.3 Å². The third-order valence-corrected chi connectivity index (χ3v) is 3.15. The van der Waals surface area contributed by atoms with Gasteiger partial charge in [-0.2, -0.15) is 0 Å². The van der Waals surface area contributed by atoms with Gasteiger partial charge in [-0.3, -0.25) is 4.79 Å². The fourth-order valence-electron chi connectivity index (χ4n) is 1.79. The summed E-state index contributed by atoms with van der Waals surface area (Å²) in [5.41, 5.74) is 0.387. The highest BCUT2D eigenvalue weighted by molar-refractivity contribution is 6.33. The number of carbonyl (C=O) groups excluding carboxylic acids is 1. The molecule has 0 saturated carbocycles. The van der Waals surface area contributed by atoms with E-state index in [1.54, 1.807) is 0 Å². The Morgan fingerprint density at radius 1 is 1.05 bits per heavy atom. The summed E-state index contributed by atoms with van der Waals surface area (Å²) >= 11 is 5.77. The molecule has 0 aliphatic heterocycles. The Balaban J connectivity index is 1.97. The Bertz CT molecular complexity index is 676. The smallest absolute Gasteiger partial charge is 0.224 e. The quantitative estimate of drug-likeness (QED) is 0.894. The first-order chi connectivity index (χ1) is 9.95.